The number of nitrogens with zero attached hydrogens (tertiary/aromatic N) is 1. The average Bonchev–Trinajstić information content (AvgIpc) is 2.22. The molecular formula is C14H22N2. The summed E-state index contributed by atoms with van der Waals surface area (Å²) < 4.78 is 0. The molecule has 0 atom stereocenters. The van der Waals surface area contributed by atoms with Gasteiger partial charge in [0.2, 0.25) is 0 Å². The van der Waals surface area contributed by atoms with Crippen molar-refractivity contribution in [1.29, 1.82) is 0 Å². The van der Waals surface area contributed by atoms with Gasteiger partial charge in [0.1, 0.15) is 0 Å². The van der Waals surface area contributed by atoms with E-state index in [0.29, 0.717) is 0 Å². The van der Waals surface area contributed by atoms with Crippen LogP contribution in [0.15, 0.2) is 24.4 Å². The number of aromatic nitrogens is 1. The first-order chi connectivity index (χ1) is 7.75. The summed E-state index contributed by atoms with van der Waals surface area (Å²) in [4.78, 5) is 4.32. The minimum atomic E-state index is 0.760. The Morgan fingerprint density at radius 3 is 2.81 bits per heavy atom. The van der Waals surface area contributed by atoms with Crippen LogP contribution in [0.3, 0.4) is 0 Å². The van der Waals surface area contributed by atoms with Crippen molar-refractivity contribution in [1.82, 2.24) is 10.3 Å². The lowest BCUT2D eigenvalue weighted by atomic mass is 9.74. The first-order valence-corrected chi connectivity index (χ1v) is 6.39. The topological polar surface area (TPSA) is 24.9 Å². The van der Waals surface area contributed by atoms with E-state index in [2.05, 4.69) is 36.3 Å². The maximum atomic E-state index is 4.32. The third kappa shape index (κ3) is 3.05. The monoisotopic (exact) mass is 218 g/mol. The number of rotatable bonds is 5. The lowest BCUT2D eigenvalue weighted by Gasteiger charge is -2.38. The zero-order valence-electron chi connectivity index (χ0n) is 10.3. The fraction of sp³-hybridized carbons (Fsp3) is 0.643. The van der Waals surface area contributed by atoms with Gasteiger partial charge in [-0.2, -0.15) is 0 Å². The normalized spacial score (nSPS) is 24.4. The van der Waals surface area contributed by atoms with Gasteiger partial charge in [0.15, 0.2) is 0 Å². The number of pyridine rings is 1. The summed E-state index contributed by atoms with van der Waals surface area (Å²) in [6.07, 6.45) is 5.64. The molecule has 2 heteroatoms. The molecule has 1 heterocycles. The van der Waals surface area contributed by atoms with Crippen molar-refractivity contribution in [2.24, 2.45) is 11.8 Å². The Morgan fingerprint density at radius 1 is 1.38 bits per heavy atom. The Balaban J connectivity index is 1.60. The highest BCUT2D eigenvalue weighted by atomic mass is 14.9. The molecule has 0 bridgehead atoms. The zero-order chi connectivity index (χ0) is 11.4. The fourth-order valence-corrected chi connectivity index (χ4v) is 2.32. The molecule has 2 nitrogen and oxygen atoms in total. The molecule has 1 aliphatic rings. The molecule has 0 spiro atoms. The van der Waals surface area contributed by atoms with Crippen molar-refractivity contribution in [2.75, 3.05) is 6.54 Å². The van der Waals surface area contributed by atoms with Crippen LogP contribution in [-0.2, 0) is 6.42 Å². The molecule has 1 fully saturated rings. The molecule has 16 heavy (non-hydrogen) atoms. The van der Waals surface area contributed by atoms with E-state index in [9.17, 15) is 0 Å². The van der Waals surface area contributed by atoms with Crippen LogP contribution in [0.1, 0.15) is 32.4 Å². The second-order valence-corrected chi connectivity index (χ2v) is 5.20. The molecule has 0 aliphatic heterocycles. The van der Waals surface area contributed by atoms with Gasteiger partial charge in [0, 0.05) is 30.9 Å². The second-order valence-electron chi connectivity index (χ2n) is 5.20. The van der Waals surface area contributed by atoms with Gasteiger partial charge < -0.3 is 5.32 Å². The fourth-order valence-electron chi connectivity index (χ4n) is 2.32. The van der Waals surface area contributed by atoms with Crippen LogP contribution in [0.4, 0.5) is 0 Å². The Bertz CT molecular complexity index is 302. The van der Waals surface area contributed by atoms with Crippen molar-refractivity contribution in [3.63, 3.8) is 0 Å². The van der Waals surface area contributed by atoms with Crippen LogP contribution >= 0.6 is 0 Å². The van der Waals surface area contributed by atoms with Crippen LogP contribution < -0.4 is 5.32 Å². The molecule has 0 unspecified atom stereocenters. The lowest BCUT2D eigenvalue weighted by Crippen LogP contribution is -2.43. The van der Waals surface area contributed by atoms with Gasteiger partial charge in [-0.3, -0.25) is 4.98 Å². The van der Waals surface area contributed by atoms with E-state index in [1.54, 1.807) is 0 Å². The van der Waals surface area contributed by atoms with Crippen LogP contribution in [0, 0.1) is 11.8 Å². The van der Waals surface area contributed by atoms with Gasteiger partial charge in [-0.15, -0.1) is 0 Å². The van der Waals surface area contributed by atoms with Gasteiger partial charge in [-0.1, -0.05) is 19.9 Å². The molecule has 0 saturated heterocycles. The summed E-state index contributed by atoms with van der Waals surface area (Å²) in [6.45, 7) is 5.72. The first kappa shape index (κ1) is 11.6. The molecule has 2 rings (SSSR count). The molecule has 88 valence electrons. The van der Waals surface area contributed by atoms with E-state index < -0.39 is 0 Å². The minimum Gasteiger partial charge on any atom is -0.314 e. The van der Waals surface area contributed by atoms with Crippen molar-refractivity contribution in [3.8, 4) is 0 Å². The molecule has 0 aromatic carbocycles. The SMILES string of the molecule is CC(C)C1CC(NCCc2ccccn2)C1. The van der Waals surface area contributed by atoms with Gasteiger partial charge >= 0.3 is 0 Å². The highest BCUT2D eigenvalue weighted by Gasteiger charge is 2.30. The largest absolute Gasteiger partial charge is 0.314 e. The Labute approximate surface area is 98.5 Å². The van der Waals surface area contributed by atoms with Gasteiger partial charge in [0.05, 0.1) is 0 Å². The lowest BCUT2D eigenvalue weighted by molar-refractivity contribution is 0.169. The Kier molecular flexibility index (Phi) is 3.94. The molecule has 1 aliphatic carbocycles. The standard InChI is InChI=1S/C14H22N2/c1-11(2)12-9-14(10-12)16-8-6-13-5-3-4-7-15-13/h3-5,7,11-12,14,16H,6,8-10H2,1-2H3. The highest BCUT2D eigenvalue weighted by Crippen LogP contribution is 2.33. The van der Waals surface area contributed by atoms with Crippen LogP contribution in [0.2, 0.25) is 0 Å². The molecule has 0 radical (unpaired) electrons. The molecule has 1 saturated carbocycles. The number of hydrogen-bond donors (Lipinski definition) is 1. The molecule has 1 aromatic rings. The maximum absolute atomic E-state index is 4.32. The molecule has 0 amide bonds. The van der Waals surface area contributed by atoms with Crippen molar-refractivity contribution < 1.29 is 0 Å². The van der Waals surface area contributed by atoms with E-state index in [1.807, 2.05) is 12.3 Å². The van der Waals surface area contributed by atoms with E-state index in [1.165, 1.54) is 18.5 Å². The third-order valence-corrected chi connectivity index (χ3v) is 3.66. The van der Waals surface area contributed by atoms with E-state index >= 15 is 0 Å². The Morgan fingerprint density at radius 2 is 2.19 bits per heavy atom. The number of nitrogens with one attached hydrogen (secondary N) is 1. The molecular weight excluding hydrogens is 196 g/mol. The van der Waals surface area contributed by atoms with Crippen molar-refractivity contribution in [3.05, 3.63) is 30.1 Å². The first-order valence-electron chi connectivity index (χ1n) is 6.39. The smallest absolute Gasteiger partial charge is 0.0416 e. The zero-order valence-corrected chi connectivity index (χ0v) is 10.3. The summed E-state index contributed by atoms with van der Waals surface area (Å²) >= 11 is 0. The van der Waals surface area contributed by atoms with Crippen LogP contribution in [0.5, 0.6) is 0 Å². The highest BCUT2D eigenvalue weighted by molar-refractivity contribution is 5.03. The number of hydrogen-bond acceptors (Lipinski definition) is 2. The second kappa shape index (κ2) is 5.44. The van der Waals surface area contributed by atoms with E-state index in [0.717, 1.165) is 30.8 Å². The average molecular weight is 218 g/mol. The summed E-state index contributed by atoms with van der Waals surface area (Å²) in [5, 5.41) is 3.61. The third-order valence-electron chi connectivity index (χ3n) is 3.66. The quantitative estimate of drug-likeness (QED) is 0.822. The van der Waals surface area contributed by atoms with Crippen LogP contribution in [0.25, 0.3) is 0 Å². The summed E-state index contributed by atoms with van der Waals surface area (Å²) in [6, 6.07) is 6.88. The maximum Gasteiger partial charge on any atom is 0.0416 e. The summed E-state index contributed by atoms with van der Waals surface area (Å²) in [5.41, 5.74) is 1.19. The van der Waals surface area contributed by atoms with Crippen molar-refractivity contribution >= 4 is 0 Å². The minimum absolute atomic E-state index is 0.760. The van der Waals surface area contributed by atoms with Crippen LogP contribution in [-0.4, -0.2) is 17.6 Å². The van der Waals surface area contributed by atoms with E-state index in [-0.39, 0.29) is 0 Å². The van der Waals surface area contributed by atoms with Gasteiger partial charge in [-0.05, 0) is 36.8 Å². The van der Waals surface area contributed by atoms with E-state index in [4.69, 9.17) is 0 Å². The predicted octanol–water partition coefficient (Wildman–Crippen LogP) is 2.65. The van der Waals surface area contributed by atoms with Gasteiger partial charge in [-0.25, -0.2) is 0 Å². The predicted molar refractivity (Wildman–Crippen MR) is 67.3 cm³/mol. The molecule has 1 aromatic heterocycles. The van der Waals surface area contributed by atoms with Gasteiger partial charge in [0.25, 0.3) is 0 Å². The Hall–Kier alpha value is -0.890. The summed E-state index contributed by atoms with van der Waals surface area (Å²) in [5.74, 6) is 1.81. The van der Waals surface area contributed by atoms with Crippen molar-refractivity contribution in [2.45, 2.75) is 39.2 Å². The molecule has 1 N–H and O–H groups in total. The summed E-state index contributed by atoms with van der Waals surface area (Å²) in [7, 11) is 0.